The summed E-state index contributed by atoms with van der Waals surface area (Å²) in [5.74, 6) is -5.36. The number of ketones is 1. The van der Waals surface area contributed by atoms with Crippen molar-refractivity contribution in [1.82, 2.24) is 0 Å². The van der Waals surface area contributed by atoms with Crippen LogP contribution in [0.15, 0.2) is 22.8 Å². The molecular formula is C35H52O11. The Morgan fingerprint density at radius 3 is 2.13 bits per heavy atom. The lowest BCUT2D eigenvalue weighted by Crippen LogP contribution is -2.63. The quantitative estimate of drug-likeness (QED) is 0.0944. The molecule has 0 spiro atoms. The summed E-state index contributed by atoms with van der Waals surface area (Å²) in [5.41, 5.74) is -5.21. The summed E-state index contributed by atoms with van der Waals surface area (Å²) in [6.45, 7) is 12.8. The molecule has 258 valence electrons. The number of ether oxygens (including phenoxy) is 4. The number of allylic oxidation sites excluding steroid dienone is 1. The molecule has 0 saturated heterocycles. The van der Waals surface area contributed by atoms with E-state index in [9.17, 15) is 34.2 Å². The second-order valence-electron chi connectivity index (χ2n) is 13.4. The van der Waals surface area contributed by atoms with Gasteiger partial charge in [-0.25, -0.2) is 4.79 Å². The molecular weight excluding hydrogens is 596 g/mol. The molecule has 0 aromatic heterocycles. The van der Waals surface area contributed by atoms with Crippen LogP contribution in [0.2, 0.25) is 0 Å². The molecule has 8 atom stereocenters. The van der Waals surface area contributed by atoms with Gasteiger partial charge < -0.3 is 29.2 Å². The zero-order valence-electron chi connectivity index (χ0n) is 28.6. The molecule has 0 aromatic carbocycles. The number of aliphatic hydroxyl groups is 2. The minimum atomic E-state index is -2.35. The van der Waals surface area contributed by atoms with E-state index < -0.39 is 76.6 Å². The maximum absolute atomic E-state index is 13.4. The summed E-state index contributed by atoms with van der Waals surface area (Å²) in [6, 6.07) is 0. The molecule has 3 aliphatic carbocycles. The Labute approximate surface area is 272 Å². The molecule has 2 fully saturated rings. The first-order valence-corrected chi connectivity index (χ1v) is 16.6. The van der Waals surface area contributed by atoms with Crippen molar-refractivity contribution < 1.29 is 53.1 Å². The Kier molecular flexibility index (Phi) is 12.0. The third-order valence-corrected chi connectivity index (χ3v) is 10.0. The molecule has 0 bridgehead atoms. The molecule has 3 rings (SSSR count). The van der Waals surface area contributed by atoms with E-state index in [0.29, 0.717) is 29.6 Å². The van der Waals surface area contributed by atoms with Gasteiger partial charge in [0.15, 0.2) is 23.6 Å². The highest BCUT2D eigenvalue weighted by Gasteiger charge is 2.73. The van der Waals surface area contributed by atoms with Crippen LogP contribution in [0.5, 0.6) is 0 Å². The Bertz CT molecular complexity index is 1260. The molecule has 0 amide bonds. The summed E-state index contributed by atoms with van der Waals surface area (Å²) in [5, 5.41) is 24.1. The van der Waals surface area contributed by atoms with Crippen molar-refractivity contribution in [3.8, 4) is 0 Å². The number of hydrogen-bond acceptors (Lipinski definition) is 11. The predicted octanol–water partition coefficient (Wildman–Crippen LogP) is 4.59. The minimum absolute atomic E-state index is 0.0174. The van der Waals surface area contributed by atoms with Crippen molar-refractivity contribution in [3.63, 3.8) is 0 Å². The molecule has 2 saturated carbocycles. The Morgan fingerprint density at radius 2 is 1.54 bits per heavy atom. The van der Waals surface area contributed by atoms with E-state index in [-0.39, 0.29) is 25.7 Å². The normalized spacial score (nSPS) is 34.0. The van der Waals surface area contributed by atoms with Gasteiger partial charge in [-0.2, -0.15) is 0 Å². The van der Waals surface area contributed by atoms with Crippen molar-refractivity contribution >= 4 is 29.7 Å². The van der Waals surface area contributed by atoms with E-state index in [1.165, 1.54) is 13.8 Å². The van der Waals surface area contributed by atoms with Crippen LogP contribution in [0.25, 0.3) is 0 Å². The highest BCUT2D eigenvalue weighted by atomic mass is 16.6. The van der Waals surface area contributed by atoms with Crippen LogP contribution >= 0.6 is 0 Å². The van der Waals surface area contributed by atoms with Crippen LogP contribution < -0.4 is 0 Å². The minimum Gasteiger partial charge on any atom is -0.459 e. The molecule has 0 aliphatic heterocycles. The van der Waals surface area contributed by atoms with Crippen molar-refractivity contribution in [2.24, 2.45) is 11.8 Å². The summed E-state index contributed by atoms with van der Waals surface area (Å²) in [6.07, 6.45) is 2.16. The molecule has 3 aliphatic rings. The maximum Gasteiger partial charge on any atom is 0.334 e. The topological polar surface area (TPSA) is 163 Å². The van der Waals surface area contributed by atoms with Gasteiger partial charge in [0.1, 0.15) is 17.3 Å². The smallest absolute Gasteiger partial charge is 0.334 e. The van der Waals surface area contributed by atoms with Gasteiger partial charge in [-0.3, -0.25) is 19.2 Å². The maximum atomic E-state index is 13.4. The van der Waals surface area contributed by atoms with Crippen molar-refractivity contribution in [3.05, 3.63) is 22.8 Å². The highest BCUT2D eigenvalue weighted by molar-refractivity contribution is 5.92. The number of fused-ring (bicyclic) bond motifs is 3. The van der Waals surface area contributed by atoms with E-state index in [0.717, 1.165) is 25.7 Å². The summed E-state index contributed by atoms with van der Waals surface area (Å²) in [7, 11) is 0. The molecule has 0 radical (unpaired) electrons. The molecule has 2 N–H and O–H groups in total. The van der Waals surface area contributed by atoms with Crippen LogP contribution in [0.4, 0.5) is 0 Å². The molecule has 11 nitrogen and oxygen atoms in total. The number of esters is 4. The third kappa shape index (κ3) is 7.10. The Morgan fingerprint density at radius 1 is 0.913 bits per heavy atom. The van der Waals surface area contributed by atoms with Crippen LogP contribution in [0.3, 0.4) is 0 Å². The lowest BCUT2D eigenvalue weighted by Gasteiger charge is -2.43. The van der Waals surface area contributed by atoms with Crippen LogP contribution in [-0.2, 0) is 42.9 Å². The Balaban J connectivity index is 2.23. The average Bonchev–Trinajstić information content (AvgIpc) is 3.30. The molecule has 0 unspecified atom stereocenters. The summed E-state index contributed by atoms with van der Waals surface area (Å²) < 4.78 is 23.9. The number of hydrogen-bond donors (Lipinski definition) is 2. The largest absolute Gasteiger partial charge is 0.459 e. The highest BCUT2D eigenvalue weighted by Crippen LogP contribution is 2.60. The zero-order valence-corrected chi connectivity index (χ0v) is 28.6. The van der Waals surface area contributed by atoms with Gasteiger partial charge in [0.25, 0.3) is 0 Å². The SMILES string of the molecule is C/C=C(/C)C(=O)O[C@@H]1C(C)=C2[C@H]([C@@H]1OC(=O)CCCCCCC)[C@](C)(OC(C)=O)C[C@@H](OC(=O)CCC)[C@@]1(O)[C@H]2CC(=O)[C@@]1(C)O. The predicted molar refractivity (Wildman–Crippen MR) is 167 cm³/mol. The molecule has 0 heterocycles. The first kappa shape index (κ1) is 37.4. The van der Waals surface area contributed by atoms with Gasteiger partial charge in [-0.1, -0.05) is 45.6 Å². The molecule has 46 heavy (non-hydrogen) atoms. The van der Waals surface area contributed by atoms with E-state index in [1.807, 2.05) is 0 Å². The fraction of sp³-hybridized carbons (Fsp3) is 0.743. The van der Waals surface area contributed by atoms with Crippen molar-refractivity contribution in [2.45, 2.75) is 155 Å². The van der Waals surface area contributed by atoms with Gasteiger partial charge >= 0.3 is 23.9 Å². The number of rotatable bonds is 13. The number of Topliss-reactive ketones (excluding diaryl/α,β-unsaturated/α-hetero) is 1. The molecule has 0 aromatic rings. The van der Waals surface area contributed by atoms with Gasteiger partial charge in [0, 0.05) is 44.1 Å². The van der Waals surface area contributed by atoms with Gasteiger partial charge in [-0.05, 0) is 58.6 Å². The zero-order chi connectivity index (χ0) is 34.6. The number of carbonyl (C=O) groups excluding carboxylic acids is 5. The van der Waals surface area contributed by atoms with Crippen molar-refractivity contribution in [2.75, 3.05) is 0 Å². The number of unbranched alkanes of at least 4 members (excludes halogenated alkanes) is 4. The van der Waals surface area contributed by atoms with Gasteiger partial charge in [0.2, 0.25) is 0 Å². The van der Waals surface area contributed by atoms with Gasteiger partial charge in [0.05, 0.1) is 5.92 Å². The summed E-state index contributed by atoms with van der Waals surface area (Å²) >= 11 is 0. The first-order chi connectivity index (χ1) is 21.5. The van der Waals surface area contributed by atoms with E-state index in [4.69, 9.17) is 18.9 Å². The Hall–Kier alpha value is -3.05. The monoisotopic (exact) mass is 648 g/mol. The third-order valence-electron chi connectivity index (χ3n) is 10.0. The number of carbonyl (C=O) groups is 5. The van der Waals surface area contributed by atoms with E-state index in [2.05, 4.69) is 6.92 Å². The fourth-order valence-electron chi connectivity index (χ4n) is 7.50. The second-order valence-corrected chi connectivity index (χ2v) is 13.4. The van der Waals surface area contributed by atoms with Crippen LogP contribution in [0, 0.1) is 11.8 Å². The van der Waals surface area contributed by atoms with Crippen LogP contribution in [-0.4, -0.2) is 75.0 Å². The van der Waals surface area contributed by atoms with E-state index >= 15 is 0 Å². The van der Waals surface area contributed by atoms with E-state index in [1.54, 1.807) is 40.7 Å². The van der Waals surface area contributed by atoms with Gasteiger partial charge in [-0.15, -0.1) is 0 Å². The van der Waals surface area contributed by atoms with Crippen molar-refractivity contribution in [1.29, 1.82) is 0 Å². The standard InChI is InChI=1S/C35H52O11/c1-9-12-13-14-15-17-27(39)44-31-29-28(21(5)30(31)45-32(40)20(4)11-3)23-18-24(37)34(8,41)35(23,42)25(43-26(38)16-10-2)19-33(29,7)46-22(6)36/h11,23,25,29-31,41-42H,9-10,12-19H2,1-8H3/b20-11-/t23-,25+,29+,30+,31-,33+,34+,35-/m0/s1. The summed E-state index contributed by atoms with van der Waals surface area (Å²) in [4.78, 5) is 65.4. The molecule has 11 heteroatoms. The van der Waals surface area contributed by atoms with Crippen LogP contribution in [0.1, 0.15) is 120 Å². The lowest BCUT2D eigenvalue weighted by molar-refractivity contribution is -0.216. The first-order valence-electron chi connectivity index (χ1n) is 16.6. The second kappa shape index (κ2) is 14.8. The fourth-order valence-corrected chi connectivity index (χ4v) is 7.50. The average molecular weight is 649 g/mol. The lowest BCUT2D eigenvalue weighted by atomic mass is 9.73.